The molecule has 3 aromatic rings. The Hall–Kier alpha value is -2.86. The average molecular weight is 369 g/mol. The molecule has 26 heavy (non-hydrogen) atoms. The van der Waals surface area contributed by atoms with Crippen LogP contribution in [0.2, 0.25) is 0 Å². The minimum absolute atomic E-state index is 0.252. The summed E-state index contributed by atoms with van der Waals surface area (Å²) in [6.07, 6.45) is 0.785. The molecule has 0 unspecified atom stereocenters. The summed E-state index contributed by atoms with van der Waals surface area (Å²) in [6, 6.07) is 15.6. The van der Waals surface area contributed by atoms with Crippen molar-refractivity contribution in [2.45, 2.75) is 13.3 Å². The quantitative estimate of drug-likeness (QED) is 0.666. The third-order valence-corrected chi connectivity index (χ3v) is 5.09. The Morgan fingerprint density at radius 3 is 2.58 bits per heavy atom. The zero-order valence-electron chi connectivity index (χ0n) is 14.6. The van der Waals surface area contributed by atoms with Crippen LogP contribution in [-0.2, 0) is 6.42 Å². The van der Waals surface area contributed by atoms with Gasteiger partial charge in [0.15, 0.2) is 11.5 Å². The number of carbonyl (C=O) groups is 1. The van der Waals surface area contributed by atoms with E-state index in [9.17, 15) is 9.90 Å². The van der Waals surface area contributed by atoms with Gasteiger partial charge in [-0.2, -0.15) is 0 Å². The second-order valence-electron chi connectivity index (χ2n) is 5.69. The van der Waals surface area contributed by atoms with Gasteiger partial charge in [0.1, 0.15) is 9.88 Å². The van der Waals surface area contributed by atoms with Crippen LogP contribution >= 0.6 is 11.3 Å². The lowest BCUT2D eigenvalue weighted by atomic mass is 10.2. The first-order valence-electron chi connectivity index (χ1n) is 8.14. The number of thiazole rings is 1. The zero-order chi connectivity index (χ0) is 18.5. The van der Waals surface area contributed by atoms with Crippen molar-refractivity contribution < 1.29 is 19.4 Å². The van der Waals surface area contributed by atoms with Gasteiger partial charge < -0.3 is 14.6 Å². The van der Waals surface area contributed by atoms with Gasteiger partial charge in [-0.1, -0.05) is 30.3 Å². The fraction of sp³-hybridized carbons (Fsp3) is 0.200. The fourth-order valence-electron chi connectivity index (χ4n) is 2.56. The number of nitrogens with zero attached hydrogens (tertiary/aromatic N) is 1. The maximum absolute atomic E-state index is 11.2. The number of aromatic carboxylic acids is 1. The van der Waals surface area contributed by atoms with Gasteiger partial charge in [0, 0.05) is 12.0 Å². The molecule has 0 saturated heterocycles. The number of benzene rings is 2. The van der Waals surface area contributed by atoms with Gasteiger partial charge in [-0.3, -0.25) is 0 Å². The van der Waals surface area contributed by atoms with E-state index in [1.54, 1.807) is 14.0 Å². The molecule has 6 heteroatoms. The first kappa shape index (κ1) is 17.9. The van der Waals surface area contributed by atoms with Gasteiger partial charge in [0.2, 0.25) is 0 Å². The van der Waals surface area contributed by atoms with Crippen LogP contribution in [0.3, 0.4) is 0 Å². The molecule has 0 saturated carbocycles. The summed E-state index contributed by atoms with van der Waals surface area (Å²) in [4.78, 5) is 15.9. The van der Waals surface area contributed by atoms with Crippen LogP contribution in [0.1, 0.15) is 20.9 Å². The van der Waals surface area contributed by atoms with Crippen LogP contribution in [0.5, 0.6) is 11.5 Å². The lowest BCUT2D eigenvalue weighted by Gasteiger charge is -2.12. The van der Waals surface area contributed by atoms with Crippen LogP contribution in [0.4, 0.5) is 0 Å². The minimum Gasteiger partial charge on any atom is -0.493 e. The maximum atomic E-state index is 11.2. The molecule has 1 heterocycles. The predicted octanol–water partition coefficient (Wildman–Crippen LogP) is 4.45. The Labute approximate surface area is 155 Å². The maximum Gasteiger partial charge on any atom is 0.347 e. The molecule has 3 rings (SSSR count). The number of methoxy groups -OCH3 is 1. The molecule has 0 spiro atoms. The van der Waals surface area contributed by atoms with Crippen molar-refractivity contribution in [1.29, 1.82) is 0 Å². The Morgan fingerprint density at radius 1 is 1.15 bits per heavy atom. The van der Waals surface area contributed by atoms with Gasteiger partial charge in [-0.05, 0) is 30.7 Å². The van der Waals surface area contributed by atoms with Crippen molar-refractivity contribution >= 4 is 17.3 Å². The molecule has 134 valence electrons. The second kappa shape index (κ2) is 8.01. The third kappa shape index (κ3) is 4.03. The topological polar surface area (TPSA) is 68.7 Å². The molecular weight excluding hydrogens is 350 g/mol. The first-order chi connectivity index (χ1) is 12.6. The number of hydrogen-bond donors (Lipinski definition) is 1. The van der Waals surface area contributed by atoms with Crippen LogP contribution in [-0.4, -0.2) is 29.8 Å². The minimum atomic E-state index is -0.959. The average Bonchev–Trinajstić information content (AvgIpc) is 3.04. The summed E-state index contributed by atoms with van der Waals surface area (Å²) in [6.45, 7) is 2.21. The molecule has 0 atom stereocenters. The monoisotopic (exact) mass is 369 g/mol. The second-order valence-corrected chi connectivity index (χ2v) is 6.69. The molecule has 2 aromatic carbocycles. The highest BCUT2D eigenvalue weighted by Gasteiger charge is 2.16. The molecule has 0 amide bonds. The number of aryl methyl sites for hydroxylation is 1. The molecule has 0 bridgehead atoms. The normalized spacial score (nSPS) is 10.5. The van der Waals surface area contributed by atoms with Gasteiger partial charge in [0.25, 0.3) is 0 Å². The highest BCUT2D eigenvalue weighted by Crippen LogP contribution is 2.35. The molecule has 5 nitrogen and oxygen atoms in total. The summed E-state index contributed by atoms with van der Waals surface area (Å²) in [7, 11) is 1.59. The van der Waals surface area contributed by atoms with Crippen molar-refractivity contribution in [2.24, 2.45) is 0 Å². The summed E-state index contributed by atoms with van der Waals surface area (Å²) < 4.78 is 11.3. The smallest absolute Gasteiger partial charge is 0.347 e. The van der Waals surface area contributed by atoms with Gasteiger partial charge in [-0.15, -0.1) is 11.3 Å². The molecule has 0 aliphatic carbocycles. The molecule has 0 fully saturated rings. The van der Waals surface area contributed by atoms with Crippen LogP contribution in [0.15, 0.2) is 48.5 Å². The Balaban J connectivity index is 1.80. The van der Waals surface area contributed by atoms with Crippen molar-refractivity contribution in [3.63, 3.8) is 0 Å². The third-order valence-electron chi connectivity index (χ3n) is 3.89. The standard InChI is InChI=1S/C20H19NO4S/c1-13-18(20(22)23)26-19(21-13)15-8-9-16(24-2)17(12-15)25-11-10-14-6-4-3-5-7-14/h3-9,12H,10-11H2,1-2H3,(H,22,23). The molecular formula is C20H19NO4S. The molecule has 0 aliphatic rings. The Kier molecular flexibility index (Phi) is 5.53. The van der Waals surface area contributed by atoms with E-state index in [2.05, 4.69) is 17.1 Å². The van der Waals surface area contributed by atoms with E-state index in [4.69, 9.17) is 9.47 Å². The Bertz CT molecular complexity index is 905. The van der Waals surface area contributed by atoms with E-state index in [0.29, 0.717) is 28.8 Å². The van der Waals surface area contributed by atoms with E-state index in [0.717, 1.165) is 23.3 Å². The summed E-state index contributed by atoms with van der Waals surface area (Å²) in [5.74, 6) is 0.290. The first-order valence-corrected chi connectivity index (χ1v) is 8.96. The summed E-state index contributed by atoms with van der Waals surface area (Å²) >= 11 is 1.16. The Morgan fingerprint density at radius 2 is 1.92 bits per heavy atom. The highest BCUT2D eigenvalue weighted by atomic mass is 32.1. The summed E-state index contributed by atoms with van der Waals surface area (Å²) in [5.41, 5.74) is 2.52. The summed E-state index contributed by atoms with van der Waals surface area (Å²) in [5, 5.41) is 9.86. The number of carboxylic acid groups (broad SMARTS) is 1. The van der Waals surface area contributed by atoms with E-state index >= 15 is 0 Å². The van der Waals surface area contributed by atoms with Crippen molar-refractivity contribution in [3.05, 3.63) is 64.7 Å². The highest BCUT2D eigenvalue weighted by molar-refractivity contribution is 7.17. The largest absolute Gasteiger partial charge is 0.493 e. The van der Waals surface area contributed by atoms with Crippen LogP contribution in [0.25, 0.3) is 10.6 Å². The number of carboxylic acids is 1. The predicted molar refractivity (Wildman–Crippen MR) is 101 cm³/mol. The van der Waals surface area contributed by atoms with Gasteiger partial charge in [0.05, 0.1) is 19.4 Å². The van der Waals surface area contributed by atoms with E-state index in [-0.39, 0.29) is 4.88 Å². The molecule has 1 N–H and O–H groups in total. The number of hydrogen-bond acceptors (Lipinski definition) is 5. The van der Waals surface area contributed by atoms with Crippen molar-refractivity contribution in [3.8, 4) is 22.1 Å². The van der Waals surface area contributed by atoms with Crippen molar-refractivity contribution in [2.75, 3.05) is 13.7 Å². The van der Waals surface area contributed by atoms with E-state index in [1.807, 2.05) is 36.4 Å². The number of rotatable bonds is 7. The fourth-order valence-corrected chi connectivity index (χ4v) is 3.47. The van der Waals surface area contributed by atoms with Gasteiger partial charge in [-0.25, -0.2) is 9.78 Å². The molecule has 0 aliphatic heterocycles. The van der Waals surface area contributed by atoms with E-state index < -0.39 is 5.97 Å². The van der Waals surface area contributed by atoms with Gasteiger partial charge >= 0.3 is 5.97 Å². The number of ether oxygens (including phenoxy) is 2. The van der Waals surface area contributed by atoms with Crippen LogP contribution in [0, 0.1) is 6.92 Å². The molecule has 0 radical (unpaired) electrons. The molecule has 1 aromatic heterocycles. The van der Waals surface area contributed by atoms with E-state index in [1.165, 1.54) is 5.56 Å². The lowest BCUT2D eigenvalue weighted by Crippen LogP contribution is -2.02. The van der Waals surface area contributed by atoms with Crippen molar-refractivity contribution in [1.82, 2.24) is 4.98 Å². The zero-order valence-corrected chi connectivity index (χ0v) is 15.4. The number of aromatic nitrogens is 1. The SMILES string of the molecule is COc1ccc(-c2nc(C)c(C(=O)O)s2)cc1OCCc1ccccc1. The lowest BCUT2D eigenvalue weighted by molar-refractivity contribution is 0.0701. The van der Waals surface area contributed by atoms with Crippen LogP contribution < -0.4 is 9.47 Å².